The Morgan fingerprint density at radius 1 is 0.879 bits per heavy atom. The minimum Gasteiger partial charge on any atom is -0.319 e. The molecule has 168 valence electrons. The first-order valence-corrected chi connectivity index (χ1v) is 11.9. The minimum absolute atomic E-state index is 0.00384. The molecule has 0 bridgehead atoms. The molecule has 7 nitrogen and oxygen atoms in total. The van der Waals surface area contributed by atoms with Crippen molar-refractivity contribution in [3.8, 4) is 5.69 Å². The maximum atomic E-state index is 13.0. The highest BCUT2D eigenvalue weighted by Crippen LogP contribution is 2.24. The Hall–Kier alpha value is -3.91. The van der Waals surface area contributed by atoms with Gasteiger partial charge >= 0.3 is 0 Å². The van der Waals surface area contributed by atoms with Gasteiger partial charge in [0, 0.05) is 11.3 Å². The third-order valence-electron chi connectivity index (χ3n) is 5.24. The van der Waals surface area contributed by atoms with Crippen LogP contribution >= 0.6 is 0 Å². The third-order valence-corrected chi connectivity index (χ3v) is 6.62. The Morgan fingerprint density at radius 2 is 1.58 bits per heavy atom. The maximum Gasteiger partial charge on any atom is 0.261 e. The number of aromatic nitrogens is 2. The monoisotopic (exact) mass is 460 g/mol. The largest absolute Gasteiger partial charge is 0.319 e. The lowest BCUT2D eigenvalue weighted by Crippen LogP contribution is -2.16. The number of carbonyl (C=O) groups is 1. The molecule has 1 amide bonds. The van der Waals surface area contributed by atoms with Crippen LogP contribution in [0, 0.1) is 20.8 Å². The molecule has 0 fully saturated rings. The molecule has 4 rings (SSSR count). The Kier molecular flexibility index (Phi) is 6.02. The summed E-state index contributed by atoms with van der Waals surface area (Å²) in [5, 5.41) is 7.42. The van der Waals surface area contributed by atoms with E-state index in [0.717, 1.165) is 16.9 Å². The van der Waals surface area contributed by atoms with Gasteiger partial charge in [0.1, 0.15) is 0 Å². The summed E-state index contributed by atoms with van der Waals surface area (Å²) in [5.41, 5.74) is 4.62. The molecule has 1 heterocycles. The predicted molar refractivity (Wildman–Crippen MR) is 129 cm³/mol. The van der Waals surface area contributed by atoms with Crippen LogP contribution in [0.4, 0.5) is 11.4 Å². The van der Waals surface area contributed by atoms with Crippen LogP contribution in [0.2, 0.25) is 0 Å². The van der Waals surface area contributed by atoms with Gasteiger partial charge in [-0.05, 0) is 63.2 Å². The highest BCUT2D eigenvalue weighted by atomic mass is 32.2. The van der Waals surface area contributed by atoms with Crippen LogP contribution in [0.5, 0.6) is 0 Å². The number of carbonyl (C=O) groups excluding carboxylic acids is 1. The molecular weight excluding hydrogens is 436 g/mol. The van der Waals surface area contributed by atoms with Crippen molar-refractivity contribution in [1.82, 2.24) is 9.78 Å². The second kappa shape index (κ2) is 8.91. The van der Waals surface area contributed by atoms with E-state index in [4.69, 9.17) is 0 Å². The van der Waals surface area contributed by atoms with E-state index in [9.17, 15) is 13.2 Å². The van der Waals surface area contributed by atoms with E-state index in [1.807, 2.05) is 63.2 Å². The van der Waals surface area contributed by atoms with Crippen molar-refractivity contribution in [3.05, 3.63) is 101 Å². The lowest BCUT2D eigenvalue weighted by atomic mass is 10.2. The van der Waals surface area contributed by atoms with Crippen molar-refractivity contribution in [2.75, 3.05) is 10.0 Å². The minimum atomic E-state index is -3.85. The number of aryl methyl sites for hydroxylation is 2. The molecular formula is C25H24N4O3S. The van der Waals surface area contributed by atoms with Crippen molar-refractivity contribution in [2.45, 2.75) is 25.7 Å². The zero-order chi connectivity index (χ0) is 23.6. The van der Waals surface area contributed by atoms with E-state index in [0.29, 0.717) is 17.1 Å². The zero-order valence-electron chi connectivity index (χ0n) is 18.5. The normalized spacial score (nSPS) is 11.2. The van der Waals surface area contributed by atoms with Crippen LogP contribution in [0.15, 0.2) is 83.8 Å². The van der Waals surface area contributed by atoms with E-state index in [2.05, 4.69) is 15.1 Å². The molecule has 0 unspecified atom stereocenters. The van der Waals surface area contributed by atoms with Crippen LogP contribution < -0.4 is 10.0 Å². The molecule has 0 saturated heterocycles. The molecule has 33 heavy (non-hydrogen) atoms. The van der Waals surface area contributed by atoms with E-state index in [1.165, 1.54) is 12.1 Å². The summed E-state index contributed by atoms with van der Waals surface area (Å²) in [7, 11) is -3.85. The molecule has 0 spiro atoms. The van der Waals surface area contributed by atoms with Gasteiger partial charge in [-0.1, -0.05) is 42.0 Å². The van der Waals surface area contributed by atoms with Crippen molar-refractivity contribution >= 4 is 27.3 Å². The molecule has 4 aromatic rings. The maximum absolute atomic E-state index is 13.0. The number of sulfonamides is 1. The average Bonchev–Trinajstić information content (AvgIpc) is 3.09. The quantitative estimate of drug-likeness (QED) is 0.430. The van der Waals surface area contributed by atoms with E-state index < -0.39 is 15.9 Å². The Balaban J connectivity index is 1.57. The number of rotatable bonds is 6. The second-order valence-corrected chi connectivity index (χ2v) is 9.43. The Bertz CT molecular complexity index is 1410. The Labute approximate surface area is 193 Å². The van der Waals surface area contributed by atoms with Crippen LogP contribution in [0.3, 0.4) is 0 Å². The highest BCUT2D eigenvalue weighted by molar-refractivity contribution is 7.92. The first kappa shape index (κ1) is 22.3. The summed E-state index contributed by atoms with van der Waals surface area (Å²) >= 11 is 0. The zero-order valence-corrected chi connectivity index (χ0v) is 19.3. The molecule has 0 radical (unpaired) electrons. The molecule has 2 N–H and O–H groups in total. The van der Waals surface area contributed by atoms with Gasteiger partial charge in [-0.2, -0.15) is 5.10 Å². The summed E-state index contributed by atoms with van der Waals surface area (Å²) in [6, 6.07) is 22.6. The van der Waals surface area contributed by atoms with E-state index >= 15 is 0 Å². The SMILES string of the molecule is Cc1ccc(NS(=O)(=O)c2cccc(C(=O)Nc3c(C)nn(-c4ccccc4)c3C)c2)cc1. The van der Waals surface area contributed by atoms with Gasteiger partial charge in [-0.3, -0.25) is 9.52 Å². The third kappa shape index (κ3) is 4.80. The van der Waals surface area contributed by atoms with Crippen LogP contribution in [-0.4, -0.2) is 24.1 Å². The topological polar surface area (TPSA) is 93.1 Å². The van der Waals surface area contributed by atoms with E-state index in [1.54, 1.807) is 28.9 Å². The summed E-state index contributed by atoms with van der Waals surface area (Å²) in [5.74, 6) is -0.416. The fourth-order valence-electron chi connectivity index (χ4n) is 3.47. The van der Waals surface area contributed by atoms with Gasteiger partial charge in [0.05, 0.1) is 27.7 Å². The summed E-state index contributed by atoms with van der Waals surface area (Å²) in [6.07, 6.45) is 0. The number of nitrogens with one attached hydrogen (secondary N) is 2. The van der Waals surface area contributed by atoms with Crippen molar-refractivity contribution in [3.63, 3.8) is 0 Å². The predicted octanol–water partition coefficient (Wildman–Crippen LogP) is 4.85. The molecule has 8 heteroatoms. The van der Waals surface area contributed by atoms with Gasteiger partial charge in [0.15, 0.2) is 0 Å². The summed E-state index contributed by atoms with van der Waals surface area (Å²) in [4.78, 5) is 13.0. The molecule has 1 aromatic heterocycles. The van der Waals surface area contributed by atoms with Crippen LogP contribution in [-0.2, 0) is 10.0 Å². The highest BCUT2D eigenvalue weighted by Gasteiger charge is 2.19. The fraction of sp³-hybridized carbons (Fsp3) is 0.120. The number of benzene rings is 3. The number of hydrogen-bond acceptors (Lipinski definition) is 4. The van der Waals surface area contributed by atoms with E-state index in [-0.39, 0.29) is 10.5 Å². The van der Waals surface area contributed by atoms with Crippen molar-refractivity contribution in [1.29, 1.82) is 0 Å². The first-order valence-electron chi connectivity index (χ1n) is 10.4. The fourth-order valence-corrected chi connectivity index (χ4v) is 4.57. The van der Waals surface area contributed by atoms with Gasteiger partial charge < -0.3 is 5.32 Å². The molecule has 0 aliphatic heterocycles. The molecule has 0 aliphatic carbocycles. The standard InChI is InChI=1S/C25H24N4O3S/c1-17-12-14-21(15-13-17)28-33(31,32)23-11-7-8-20(16-23)25(30)26-24-18(2)27-29(19(24)3)22-9-5-4-6-10-22/h4-16,28H,1-3H3,(H,26,30). The van der Waals surface area contributed by atoms with Gasteiger partial charge in [-0.15, -0.1) is 0 Å². The second-order valence-electron chi connectivity index (χ2n) is 7.75. The number of anilines is 2. The summed E-state index contributed by atoms with van der Waals surface area (Å²) < 4.78 is 30.0. The van der Waals surface area contributed by atoms with Crippen molar-refractivity contribution < 1.29 is 13.2 Å². The lowest BCUT2D eigenvalue weighted by Gasteiger charge is -2.10. The summed E-state index contributed by atoms with van der Waals surface area (Å²) in [6.45, 7) is 5.61. The van der Waals surface area contributed by atoms with Gasteiger partial charge in [-0.25, -0.2) is 13.1 Å². The van der Waals surface area contributed by atoms with Crippen LogP contribution in [0.25, 0.3) is 5.69 Å². The van der Waals surface area contributed by atoms with Crippen molar-refractivity contribution in [2.24, 2.45) is 0 Å². The molecule has 3 aromatic carbocycles. The van der Waals surface area contributed by atoms with Crippen LogP contribution in [0.1, 0.15) is 27.3 Å². The molecule has 0 aliphatic rings. The average molecular weight is 461 g/mol. The molecule has 0 atom stereocenters. The Morgan fingerprint density at radius 3 is 2.27 bits per heavy atom. The smallest absolute Gasteiger partial charge is 0.261 e. The number of nitrogens with zero attached hydrogens (tertiary/aromatic N) is 2. The number of hydrogen-bond donors (Lipinski definition) is 2. The lowest BCUT2D eigenvalue weighted by molar-refractivity contribution is 0.102. The van der Waals surface area contributed by atoms with Gasteiger partial charge in [0.2, 0.25) is 0 Å². The number of para-hydroxylation sites is 1. The number of amides is 1. The molecule has 0 saturated carbocycles. The first-order chi connectivity index (χ1) is 15.7. The van der Waals surface area contributed by atoms with Gasteiger partial charge in [0.25, 0.3) is 15.9 Å².